The van der Waals surface area contributed by atoms with E-state index >= 15 is 0 Å². The van der Waals surface area contributed by atoms with Crippen molar-refractivity contribution in [3.05, 3.63) is 40.4 Å². The normalized spacial score (nSPS) is 10.1. The van der Waals surface area contributed by atoms with Crippen molar-refractivity contribution in [2.75, 3.05) is 0 Å². The van der Waals surface area contributed by atoms with E-state index in [1.54, 1.807) is 17.5 Å². The van der Waals surface area contributed by atoms with Crippen LogP contribution in [0, 0.1) is 0 Å². The summed E-state index contributed by atoms with van der Waals surface area (Å²) in [6.07, 6.45) is 3.65. The summed E-state index contributed by atoms with van der Waals surface area (Å²) >= 11 is 5.20. The molecule has 0 spiro atoms. The van der Waals surface area contributed by atoms with Gasteiger partial charge in [-0.1, -0.05) is 22.0 Å². The highest BCUT2D eigenvalue weighted by Crippen LogP contribution is 2.30. The average molecular weight is 240 g/mol. The Morgan fingerprint density at radius 2 is 2.25 bits per heavy atom. The third-order valence-electron chi connectivity index (χ3n) is 1.55. The van der Waals surface area contributed by atoms with Crippen molar-refractivity contribution >= 4 is 27.3 Å². The van der Waals surface area contributed by atoms with Crippen molar-refractivity contribution in [1.29, 1.82) is 0 Å². The lowest BCUT2D eigenvalue weighted by Gasteiger charge is -1.98. The minimum Gasteiger partial charge on any atom is -0.264 e. The zero-order valence-electron chi connectivity index (χ0n) is 6.20. The molecule has 0 aromatic carbocycles. The second-order valence-corrected chi connectivity index (χ2v) is 4.13. The van der Waals surface area contributed by atoms with Gasteiger partial charge in [-0.3, -0.25) is 4.98 Å². The van der Waals surface area contributed by atoms with E-state index in [1.165, 1.54) is 4.88 Å². The van der Waals surface area contributed by atoms with Gasteiger partial charge in [0, 0.05) is 27.3 Å². The Labute approximate surface area is 83.2 Å². The van der Waals surface area contributed by atoms with E-state index in [9.17, 15) is 0 Å². The molecule has 0 aliphatic carbocycles. The molecule has 2 rings (SSSR count). The largest absolute Gasteiger partial charge is 0.264 e. The van der Waals surface area contributed by atoms with Crippen LogP contribution in [0.1, 0.15) is 0 Å². The zero-order chi connectivity index (χ0) is 8.39. The Bertz CT molecular complexity index is 370. The summed E-state index contributed by atoms with van der Waals surface area (Å²) in [4.78, 5) is 5.32. The van der Waals surface area contributed by atoms with Crippen LogP contribution in [-0.4, -0.2) is 4.98 Å². The van der Waals surface area contributed by atoms with Crippen molar-refractivity contribution in [2.45, 2.75) is 0 Å². The van der Waals surface area contributed by atoms with Gasteiger partial charge >= 0.3 is 0 Å². The van der Waals surface area contributed by atoms with Crippen LogP contribution >= 0.6 is 27.3 Å². The summed E-state index contributed by atoms with van der Waals surface area (Å²) in [5.41, 5.74) is 1.16. The number of rotatable bonds is 1. The summed E-state index contributed by atoms with van der Waals surface area (Å²) < 4.78 is 1.10. The predicted molar refractivity (Wildman–Crippen MR) is 55.3 cm³/mol. The molecule has 2 aromatic rings. The fourth-order valence-electron chi connectivity index (χ4n) is 0.991. The lowest BCUT2D eigenvalue weighted by atomic mass is 10.2. The van der Waals surface area contributed by atoms with Gasteiger partial charge in [0.15, 0.2) is 0 Å². The van der Waals surface area contributed by atoms with Crippen LogP contribution in [0.5, 0.6) is 0 Å². The maximum absolute atomic E-state index is 4.08. The highest BCUT2D eigenvalue weighted by molar-refractivity contribution is 9.10. The molecule has 0 fully saturated rings. The van der Waals surface area contributed by atoms with Crippen LogP contribution in [0.25, 0.3) is 10.4 Å². The minimum absolute atomic E-state index is 1.10. The van der Waals surface area contributed by atoms with E-state index in [4.69, 9.17) is 0 Å². The van der Waals surface area contributed by atoms with Crippen LogP contribution in [0.4, 0.5) is 0 Å². The lowest BCUT2D eigenvalue weighted by Crippen LogP contribution is -1.76. The fraction of sp³-hybridized carbons (Fsp3) is 0. The van der Waals surface area contributed by atoms with Gasteiger partial charge in [0.25, 0.3) is 0 Å². The van der Waals surface area contributed by atoms with Gasteiger partial charge < -0.3 is 0 Å². The van der Waals surface area contributed by atoms with Gasteiger partial charge in [-0.15, -0.1) is 11.3 Å². The number of pyridine rings is 1. The Balaban J connectivity index is 2.55. The summed E-state index contributed by atoms with van der Waals surface area (Å²) in [7, 11) is 0. The number of nitrogens with zero attached hydrogens (tertiary/aromatic N) is 1. The van der Waals surface area contributed by atoms with E-state index in [0.717, 1.165) is 10.0 Å². The molecule has 60 valence electrons. The highest BCUT2D eigenvalue weighted by Gasteiger charge is 2.01. The standard InChI is InChI=1S/C9H6BrNS/c10-8-3-4-11-6-7(8)9-2-1-5-12-9/h1-6H. The molecule has 12 heavy (non-hydrogen) atoms. The molecule has 2 heterocycles. The number of halogens is 1. The Morgan fingerprint density at radius 1 is 1.33 bits per heavy atom. The summed E-state index contributed by atoms with van der Waals surface area (Å²) in [6, 6.07) is 6.08. The lowest BCUT2D eigenvalue weighted by molar-refractivity contribution is 1.32. The Morgan fingerprint density at radius 3 is 2.92 bits per heavy atom. The molecule has 0 saturated heterocycles. The molecule has 0 radical (unpaired) electrons. The number of hydrogen-bond acceptors (Lipinski definition) is 2. The third kappa shape index (κ3) is 1.42. The van der Waals surface area contributed by atoms with Crippen molar-refractivity contribution in [3.8, 4) is 10.4 Å². The van der Waals surface area contributed by atoms with Gasteiger partial charge in [-0.25, -0.2) is 0 Å². The fourth-order valence-corrected chi connectivity index (χ4v) is 2.31. The SMILES string of the molecule is Brc1ccncc1-c1cccs1. The van der Waals surface area contributed by atoms with E-state index in [0.29, 0.717) is 0 Å². The monoisotopic (exact) mass is 239 g/mol. The number of thiophene rings is 1. The molecular weight excluding hydrogens is 234 g/mol. The summed E-state index contributed by atoms with van der Waals surface area (Å²) in [5, 5.41) is 2.06. The highest BCUT2D eigenvalue weighted by atomic mass is 79.9. The van der Waals surface area contributed by atoms with Gasteiger partial charge in [0.1, 0.15) is 0 Å². The van der Waals surface area contributed by atoms with Crippen LogP contribution in [0.2, 0.25) is 0 Å². The van der Waals surface area contributed by atoms with Crippen molar-refractivity contribution in [2.24, 2.45) is 0 Å². The molecule has 0 aliphatic rings. The van der Waals surface area contributed by atoms with Crippen molar-refractivity contribution in [1.82, 2.24) is 4.98 Å². The molecule has 0 N–H and O–H groups in total. The Hall–Kier alpha value is -0.670. The first-order valence-corrected chi connectivity index (χ1v) is 5.18. The maximum atomic E-state index is 4.08. The van der Waals surface area contributed by atoms with Gasteiger partial charge in [0.2, 0.25) is 0 Å². The molecule has 0 amide bonds. The smallest absolute Gasteiger partial charge is 0.0369 e. The molecular formula is C9H6BrNS. The molecule has 0 bridgehead atoms. The maximum Gasteiger partial charge on any atom is 0.0369 e. The minimum atomic E-state index is 1.10. The molecule has 0 atom stereocenters. The quantitative estimate of drug-likeness (QED) is 0.742. The zero-order valence-corrected chi connectivity index (χ0v) is 8.60. The van der Waals surface area contributed by atoms with E-state index < -0.39 is 0 Å². The van der Waals surface area contributed by atoms with Crippen LogP contribution in [-0.2, 0) is 0 Å². The molecule has 0 saturated carbocycles. The van der Waals surface area contributed by atoms with E-state index in [2.05, 4.69) is 32.4 Å². The second-order valence-electron chi connectivity index (χ2n) is 2.33. The molecule has 3 heteroatoms. The topological polar surface area (TPSA) is 12.9 Å². The second kappa shape index (κ2) is 3.37. The van der Waals surface area contributed by atoms with E-state index in [1.807, 2.05) is 18.3 Å². The first-order valence-electron chi connectivity index (χ1n) is 3.51. The van der Waals surface area contributed by atoms with Crippen molar-refractivity contribution < 1.29 is 0 Å². The summed E-state index contributed by atoms with van der Waals surface area (Å²) in [5.74, 6) is 0. The van der Waals surface area contributed by atoms with Gasteiger partial charge in [0.05, 0.1) is 0 Å². The first-order chi connectivity index (χ1) is 5.88. The molecule has 0 aliphatic heterocycles. The van der Waals surface area contributed by atoms with Crippen LogP contribution in [0.15, 0.2) is 40.4 Å². The summed E-state index contributed by atoms with van der Waals surface area (Å²) in [6.45, 7) is 0. The van der Waals surface area contributed by atoms with Crippen molar-refractivity contribution in [3.63, 3.8) is 0 Å². The van der Waals surface area contributed by atoms with Gasteiger partial charge in [-0.2, -0.15) is 0 Å². The number of aromatic nitrogens is 1. The Kier molecular flexibility index (Phi) is 2.23. The third-order valence-corrected chi connectivity index (χ3v) is 3.15. The van der Waals surface area contributed by atoms with E-state index in [-0.39, 0.29) is 0 Å². The number of hydrogen-bond donors (Lipinski definition) is 0. The predicted octanol–water partition coefficient (Wildman–Crippen LogP) is 3.57. The van der Waals surface area contributed by atoms with Crippen LogP contribution in [0.3, 0.4) is 0 Å². The molecule has 0 unspecified atom stereocenters. The average Bonchev–Trinajstić information content (AvgIpc) is 2.57. The molecule has 1 nitrogen and oxygen atoms in total. The van der Waals surface area contributed by atoms with Crippen LogP contribution < -0.4 is 0 Å². The first kappa shape index (κ1) is 7.95. The van der Waals surface area contributed by atoms with Gasteiger partial charge in [-0.05, 0) is 17.5 Å². The molecule has 2 aromatic heterocycles.